The first-order valence-corrected chi connectivity index (χ1v) is 15.7. The molecule has 0 aliphatic rings. The SMILES string of the molecule is CCCCNC(=O)[C@H](CC)N(CCc1ccccc1)C(=O)CN(c1ccccc1)S(=O)(=O)c1ccc(OCC)cc1. The summed E-state index contributed by atoms with van der Waals surface area (Å²) in [6.07, 6.45) is 2.70. The largest absolute Gasteiger partial charge is 0.494 e. The van der Waals surface area contributed by atoms with Crippen molar-refractivity contribution in [1.29, 1.82) is 0 Å². The second kappa shape index (κ2) is 15.8. The average Bonchev–Trinajstić information content (AvgIpc) is 2.99. The van der Waals surface area contributed by atoms with Gasteiger partial charge in [0.05, 0.1) is 17.2 Å². The molecule has 0 radical (unpaired) electrons. The number of anilines is 1. The first-order chi connectivity index (χ1) is 19.8. The molecule has 0 aliphatic heterocycles. The molecular weight excluding hydrogens is 538 g/mol. The van der Waals surface area contributed by atoms with Crippen molar-refractivity contribution in [2.75, 3.05) is 30.5 Å². The van der Waals surface area contributed by atoms with Crippen molar-refractivity contribution in [3.8, 4) is 5.75 Å². The Balaban J connectivity index is 1.95. The quantitative estimate of drug-likeness (QED) is 0.240. The number of benzene rings is 3. The average molecular weight is 580 g/mol. The molecule has 1 N–H and O–H groups in total. The van der Waals surface area contributed by atoms with E-state index in [-0.39, 0.29) is 17.3 Å². The van der Waals surface area contributed by atoms with Crippen molar-refractivity contribution in [3.05, 3.63) is 90.5 Å². The number of nitrogens with one attached hydrogen (secondary N) is 1. The molecule has 0 saturated carbocycles. The van der Waals surface area contributed by atoms with Crippen molar-refractivity contribution in [2.24, 2.45) is 0 Å². The summed E-state index contributed by atoms with van der Waals surface area (Å²) in [5.74, 6) is -0.125. The summed E-state index contributed by atoms with van der Waals surface area (Å²) in [6.45, 7) is 6.56. The van der Waals surface area contributed by atoms with Crippen molar-refractivity contribution in [2.45, 2.75) is 57.4 Å². The Kier molecular flexibility index (Phi) is 12.2. The maximum absolute atomic E-state index is 14.0. The van der Waals surface area contributed by atoms with Crippen LogP contribution in [0.25, 0.3) is 0 Å². The fraction of sp³-hybridized carbons (Fsp3) is 0.375. The van der Waals surface area contributed by atoms with E-state index >= 15 is 0 Å². The molecule has 1 atom stereocenters. The van der Waals surface area contributed by atoms with Crippen LogP contribution >= 0.6 is 0 Å². The molecule has 0 spiro atoms. The van der Waals surface area contributed by atoms with E-state index in [0.717, 1.165) is 22.7 Å². The van der Waals surface area contributed by atoms with E-state index in [2.05, 4.69) is 5.32 Å². The van der Waals surface area contributed by atoms with E-state index in [4.69, 9.17) is 4.74 Å². The van der Waals surface area contributed by atoms with Crippen LogP contribution in [-0.2, 0) is 26.0 Å². The van der Waals surface area contributed by atoms with Crippen molar-refractivity contribution >= 4 is 27.5 Å². The number of carbonyl (C=O) groups excluding carboxylic acids is 2. The number of unbranched alkanes of at least 4 members (excludes halogenated alkanes) is 1. The van der Waals surface area contributed by atoms with Gasteiger partial charge in [0.2, 0.25) is 11.8 Å². The Hall–Kier alpha value is -3.85. The second-order valence-corrected chi connectivity index (χ2v) is 11.5. The molecule has 0 bridgehead atoms. The van der Waals surface area contributed by atoms with Crippen LogP contribution in [0.5, 0.6) is 5.75 Å². The molecule has 0 heterocycles. The van der Waals surface area contributed by atoms with Gasteiger partial charge in [-0.2, -0.15) is 0 Å². The molecule has 0 aromatic heterocycles. The van der Waals surface area contributed by atoms with Gasteiger partial charge < -0.3 is 15.0 Å². The minimum Gasteiger partial charge on any atom is -0.494 e. The number of amides is 2. The van der Waals surface area contributed by atoms with Crippen LogP contribution in [0.15, 0.2) is 89.8 Å². The fourth-order valence-electron chi connectivity index (χ4n) is 4.53. The van der Waals surface area contributed by atoms with E-state index in [1.54, 1.807) is 42.5 Å². The normalized spacial score (nSPS) is 11.9. The topological polar surface area (TPSA) is 96.0 Å². The number of nitrogens with zero attached hydrogens (tertiary/aromatic N) is 2. The van der Waals surface area contributed by atoms with Crippen molar-refractivity contribution in [3.63, 3.8) is 0 Å². The highest BCUT2D eigenvalue weighted by atomic mass is 32.2. The Bertz CT molecular complexity index is 1330. The molecule has 0 fully saturated rings. The third-order valence-corrected chi connectivity index (χ3v) is 8.53. The van der Waals surface area contributed by atoms with Gasteiger partial charge in [-0.05, 0) is 68.1 Å². The number of para-hydroxylation sites is 1. The molecule has 0 saturated heterocycles. The van der Waals surface area contributed by atoms with Crippen LogP contribution in [0.4, 0.5) is 5.69 Å². The first kappa shape index (κ1) is 31.7. The van der Waals surface area contributed by atoms with Gasteiger partial charge in [0.1, 0.15) is 18.3 Å². The predicted octanol–water partition coefficient (Wildman–Crippen LogP) is 5.05. The Morgan fingerprint density at radius 2 is 1.51 bits per heavy atom. The smallest absolute Gasteiger partial charge is 0.264 e. The molecule has 3 rings (SSSR count). The first-order valence-electron chi connectivity index (χ1n) is 14.2. The Labute approximate surface area is 244 Å². The maximum atomic E-state index is 14.0. The standard InChI is InChI=1S/C32H41N3O5S/c1-4-7-23-33-32(37)30(5-2)34(24-22-26-14-10-8-11-15-26)31(36)25-35(27-16-12-9-13-17-27)41(38,39)29-20-18-28(19-21-29)40-6-3/h8-21,30H,4-7,22-25H2,1-3H3,(H,33,37)/t30-/m0/s1. The van der Waals surface area contributed by atoms with Crippen molar-refractivity contribution in [1.82, 2.24) is 10.2 Å². The zero-order valence-corrected chi connectivity index (χ0v) is 25.0. The Morgan fingerprint density at radius 1 is 0.878 bits per heavy atom. The van der Waals surface area contributed by atoms with Crippen LogP contribution < -0.4 is 14.4 Å². The van der Waals surface area contributed by atoms with Gasteiger partial charge >= 0.3 is 0 Å². The summed E-state index contributed by atoms with van der Waals surface area (Å²) in [6, 6.07) is 23.7. The van der Waals surface area contributed by atoms with Crippen molar-refractivity contribution < 1.29 is 22.7 Å². The molecule has 9 heteroatoms. The van der Waals surface area contributed by atoms with Gasteiger partial charge in [-0.15, -0.1) is 0 Å². The lowest BCUT2D eigenvalue weighted by Gasteiger charge is -2.33. The van der Waals surface area contributed by atoms with Gasteiger partial charge in [0, 0.05) is 13.1 Å². The van der Waals surface area contributed by atoms with E-state index in [1.165, 1.54) is 17.0 Å². The molecule has 41 heavy (non-hydrogen) atoms. The van der Waals surface area contributed by atoms with E-state index < -0.39 is 28.5 Å². The van der Waals surface area contributed by atoms with Gasteiger partial charge in [-0.25, -0.2) is 8.42 Å². The van der Waals surface area contributed by atoms with Crippen LogP contribution in [-0.4, -0.2) is 57.4 Å². The monoisotopic (exact) mass is 579 g/mol. The predicted molar refractivity (Wildman–Crippen MR) is 162 cm³/mol. The minimum atomic E-state index is -4.12. The number of sulfonamides is 1. The second-order valence-electron chi connectivity index (χ2n) is 9.64. The van der Waals surface area contributed by atoms with Crippen LogP contribution in [0.2, 0.25) is 0 Å². The lowest BCUT2D eigenvalue weighted by Crippen LogP contribution is -2.53. The number of hydrogen-bond acceptors (Lipinski definition) is 5. The third-order valence-electron chi connectivity index (χ3n) is 6.75. The van der Waals surface area contributed by atoms with Crippen LogP contribution in [0, 0.1) is 0 Å². The van der Waals surface area contributed by atoms with Gasteiger partial charge in [-0.3, -0.25) is 13.9 Å². The van der Waals surface area contributed by atoms with E-state index in [1.807, 2.05) is 51.1 Å². The summed E-state index contributed by atoms with van der Waals surface area (Å²) in [5.41, 5.74) is 1.38. The highest BCUT2D eigenvalue weighted by Crippen LogP contribution is 2.26. The summed E-state index contributed by atoms with van der Waals surface area (Å²) in [7, 11) is -4.12. The lowest BCUT2D eigenvalue weighted by atomic mass is 10.1. The number of hydrogen-bond donors (Lipinski definition) is 1. The highest BCUT2D eigenvalue weighted by molar-refractivity contribution is 7.92. The van der Waals surface area contributed by atoms with E-state index in [9.17, 15) is 18.0 Å². The molecule has 8 nitrogen and oxygen atoms in total. The van der Waals surface area contributed by atoms with Crippen LogP contribution in [0.3, 0.4) is 0 Å². The fourth-order valence-corrected chi connectivity index (χ4v) is 5.94. The highest BCUT2D eigenvalue weighted by Gasteiger charge is 2.33. The molecule has 0 aliphatic carbocycles. The summed E-state index contributed by atoms with van der Waals surface area (Å²) in [4.78, 5) is 28.8. The molecule has 0 unspecified atom stereocenters. The minimum absolute atomic E-state index is 0.0396. The third kappa shape index (κ3) is 8.82. The van der Waals surface area contributed by atoms with E-state index in [0.29, 0.717) is 37.4 Å². The number of ether oxygens (including phenoxy) is 1. The molecule has 220 valence electrons. The van der Waals surface area contributed by atoms with Crippen LogP contribution in [0.1, 0.15) is 45.6 Å². The molecule has 3 aromatic rings. The lowest BCUT2D eigenvalue weighted by molar-refractivity contribution is -0.139. The summed E-state index contributed by atoms with van der Waals surface area (Å²) < 4.78 is 34.4. The molecular formula is C32H41N3O5S. The zero-order chi connectivity index (χ0) is 29.7. The number of rotatable bonds is 16. The molecule has 2 amide bonds. The summed E-state index contributed by atoms with van der Waals surface area (Å²) in [5, 5.41) is 2.95. The van der Waals surface area contributed by atoms with Gasteiger partial charge in [0.25, 0.3) is 10.0 Å². The summed E-state index contributed by atoms with van der Waals surface area (Å²) >= 11 is 0. The maximum Gasteiger partial charge on any atom is 0.264 e. The number of carbonyl (C=O) groups is 2. The Morgan fingerprint density at radius 3 is 2.10 bits per heavy atom. The van der Waals surface area contributed by atoms with Gasteiger partial charge in [0.15, 0.2) is 0 Å². The van der Waals surface area contributed by atoms with Gasteiger partial charge in [-0.1, -0.05) is 68.8 Å². The zero-order valence-electron chi connectivity index (χ0n) is 24.2. The molecule has 3 aromatic carbocycles.